The van der Waals surface area contributed by atoms with Crippen LogP contribution in [0.15, 0.2) is 24.3 Å². The minimum Gasteiger partial charge on any atom is -0.497 e. The van der Waals surface area contributed by atoms with Gasteiger partial charge in [-0.15, -0.1) is 0 Å². The van der Waals surface area contributed by atoms with E-state index in [1.54, 1.807) is 18.9 Å². The lowest BCUT2D eigenvalue weighted by Crippen LogP contribution is -2.49. The number of nitrogens with zero attached hydrogens (tertiary/aromatic N) is 1. The molecule has 2 fully saturated rings. The van der Waals surface area contributed by atoms with Crippen LogP contribution in [0.2, 0.25) is 0 Å². The average Bonchev–Trinajstić information content (AvgIpc) is 3.26. The van der Waals surface area contributed by atoms with Crippen molar-refractivity contribution in [3.8, 4) is 5.75 Å². The first kappa shape index (κ1) is 17.2. The fourth-order valence-electron chi connectivity index (χ4n) is 3.45. The number of carbonyl (C=O) groups is 1. The lowest BCUT2D eigenvalue weighted by molar-refractivity contribution is -0.142. The minimum atomic E-state index is -1.09. The summed E-state index contributed by atoms with van der Waals surface area (Å²) < 4.78 is 10.7. The molecule has 0 aromatic heterocycles. The Morgan fingerprint density at radius 3 is 2.62 bits per heavy atom. The monoisotopic (exact) mass is 333 g/mol. The van der Waals surface area contributed by atoms with Crippen LogP contribution >= 0.6 is 0 Å². The molecule has 1 heterocycles. The highest BCUT2D eigenvalue weighted by Gasteiger charge is 2.42. The van der Waals surface area contributed by atoms with E-state index in [4.69, 9.17) is 9.47 Å². The lowest BCUT2D eigenvalue weighted by Gasteiger charge is -2.37. The molecule has 1 N–H and O–H groups in total. The van der Waals surface area contributed by atoms with Gasteiger partial charge in [-0.05, 0) is 56.2 Å². The fraction of sp³-hybridized carbons (Fsp3) is 0.632. The summed E-state index contributed by atoms with van der Waals surface area (Å²) in [6, 6.07) is 7.18. The van der Waals surface area contributed by atoms with Crippen LogP contribution < -0.4 is 4.74 Å². The fourth-order valence-corrected chi connectivity index (χ4v) is 3.45. The second-order valence-electron chi connectivity index (χ2n) is 7.08. The molecule has 132 valence electrons. The van der Waals surface area contributed by atoms with Crippen LogP contribution in [0.4, 0.5) is 0 Å². The van der Waals surface area contributed by atoms with E-state index in [1.807, 2.05) is 24.3 Å². The number of amides is 1. The third-order valence-electron chi connectivity index (χ3n) is 5.17. The molecule has 5 nitrogen and oxygen atoms in total. The van der Waals surface area contributed by atoms with E-state index in [0.717, 1.165) is 24.2 Å². The Morgan fingerprint density at radius 1 is 1.29 bits per heavy atom. The van der Waals surface area contributed by atoms with Crippen molar-refractivity contribution in [3.63, 3.8) is 0 Å². The Kier molecular flexibility index (Phi) is 5.11. The Bertz CT molecular complexity index is 565. The summed E-state index contributed by atoms with van der Waals surface area (Å²) in [5.74, 6) is 1.38. The second-order valence-corrected chi connectivity index (χ2v) is 7.08. The van der Waals surface area contributed by atoms with E-state index >= 15 is 0 Å². The number of methoxy groups -OCH3 is 1. The molecule has 1 aliphatic carbocycles. The number of likely N-dealkylation sites (tertiary alicyclic amines) is 1. The molecule has 2 aliphatic rings. The highest BCUT2D eigenvalue weighted by molar-refractivity contribution is 5.78. The number of benzene rings is 1. The van der Waals surface area contributed by atoms with Crippen LogP contribution in [-0.4, -0.2) is 48.8 Å². The molecule has 1 aromatic carbocycles. The van der Waals surface area contributed by atoms with Gasteiger partial charge in [0.1, 0.15) is 18.0 Å². The predicted octanol–water partition coefficient (Wildman–Crippen LogP) is 2.32. The molecule has 2 atom stereocenters. The third-order valence-corrected chi connectivity index (χ3v) is 5.17. The number of hydrogen-bond acceptors (Lipinski definition) is 4. The van der Waals surface area contributed by atoms with E-state index in [0.29, 0.717) is 19.1 Å². The molecule has 5 heteroatoms. The molecule has 0 radical (unpaired) electrons. The Morgan fingerprint density at radius 2 is 2.00 bits per heavy atom. The maximum absolute atomic E-state index is 12.5. The van der Waals surface area contributed by atoms with E-state index in [-0.39, 0.29) is 18.6 Å². The summed E-state index contributed by atoms with van der Waals surface area (Å²) in [7, 11) is 1.62. The van der Waals surface area contributed by atoms with Crippen molar-refractivity contribution in [2.45, 2.75) is 44.2 Å². The molecule has 1 aliphatic heterocycles. The molecular weight excluding hydrogens is 306 g/mol. The van der Waals surface area contributed by atoms with Crippen molar-refractivity contribution in [3.05, 3.63) is 29.8 Å². The van der Waals surface area contributed by atoms with Gasteiger partial charge in [-0.1, -0.05) is 12.1 Å². The highest BCUT2D eigenvalue weighted by atomic mass is 16.5. The summed E-state index contributed by atoms with van der Waals surface area (Å²) in [6.45, 7) is 3.27. The highest BCUT2D eigenvalue weighted by Crippen LogP contribution is 2.35. The van der Waals surface area contributed by atoms with Gasteiger partial charge in [-0.25, -0.2) is 0 Å². The number of ether oxygens (including phenoxy) is 2. The zero-order chi connectivity index (χ0) is 17.2. The second kappa shape index (κ2) is 7.11. The Hall–Kier alpha value is -1.59. The average molecular weight is 333 g/mol. The summed E-state index contributed by atoms with van der Waals surface area (Å²) in [6.07, 6.45) is 4.14. The van der Waals surface area contributed by atoms with Gasteiger partial charge in [-0.2, -0.15) is 0 Å². The van der Waals surface area contributed by atoms with Crippen LogP contribution in [-0.2, 0) is 15.1 Å². The molecule has 1 saturated carbocycles. The largest absolute Gasteiger partial charge is 0.497 e. The lowest BCUT2D eigenvalue weighted by atomic mass is 9.86. The molecule has 3 rings (SSSR count). The molecule has 1 saturated heterocycles. The number of aliphatic hydroxyl groups is 1. The van der Waals surface area contributed by atoms with Gasteiger partial charge in [-0.3, -0.25) is 4.79 Å². The van der Waals surface area contributed by atoms with Gasteiger partial charge in [0, 0.05) is 6.54 Å². The van der Waals surface area contributed by atoms with Crippen molar-refractivity contribution in [1.29, 1.82) is 0 Å². The van der Waals surface area contributed by atoms with Crippen LogP contribution in [0.5, 0.6) is 5.75 Å². The molecule has 0 unspecified atom stereocenters. The first-order chi connectivity index (χ1) is 11.5. The van der Waals surface area contributed by atoms with Crippen LogP contribution in [0.25, 0.3) is 0 Å². The number of rotatable bonds is 7. The number of hydrogen-bond donors (Lipinski definition) is 1. The molecule has 1 amide bonds. The quantitative estimate of drug-likeness (QED) is 0.832. The summed E-state index contributed by atoms with van der Waals surface area (Å²) >= 11 is 0. The summed E-state index contributed by atoms with van der Waals surface area (Å²) in [5.41, 5.74) is -0.290. The maximum atomic E-state index is 12.5. The van der Waals surface area contributed by atoms with E-state index < -0.39 is 5.60 Å². The van der Waals surface area contributed by atoms with Gasteiger partial charge >= 0.3 is 0 Å². The zero-order valence-electron chi connectivity index (χ0n) is 14.5. The molecular formula is C19H27NO4. The normalized spacial score (nSPS) is 23.1. The third kappa shape index (κ3) is 3.73. The van der Waals surface area contributed by atoms with Crippen molar-refractivity contribution in [2.24, 2.45) is 5.92 Å². The SMILES string of the molecule is COc1ccc([C@](C)(O)[C@H]2CCCN2C(=O)COCC2CC2)cc1. The first-order valence-electron chi connectivity index (χ1n) is 8.76. The van der Waals surface area contributed by atoms with Gasteiger partial charge in [0.05, 0.1) is 19.8 Å². The summed E-state index contributed by atoms with van der Waals surface area (Å²) in [5, 5.41) is 11.1. The van der Waals surface area contributed by atoms with Crippen molar-refractivity contribution >= 4 is 5.91 Å². The molecule has 1 aromatic rings. The smallest absolute Gasteiger partial charge is 0.248 e. The summed E-state index contributed by atoms with van der Waals surface area (Å²) in [4.78, 5) is 14.3. The standard InChI is InChI=1S/C19H27NO4/c1-19(22,15-7-9-16(23-2)10-8-15)17-4-3-11-20(17)18(21)13-24-12-14-5-6-14/h7-10,14,17,22H,3-6,11-13H2,1-2H3/t17-,19+/m1/s1. The molecule has 24 heavy (non-hydrogen) atoms. The van der Waals surface area contributed by atoms with Gasteiger partial charge in [0.25, 0.3) is 0 Å². The maximum Gasteiger partial charge on any atom is 0.248 e. The minimum absolute atomic E-state index is 0.0214. The van der Waals surface area contributed by atoms with Crippen LogP contribution in [0, 0.1) is 5.92 Å². The first-order valence-corrected chi connectivity index (χ1v) is 8.76. The topological polar surface area (TPSA) is 59.0 Å². The molecule has 0 spiro atoms. The van der Waals surface area contributed by atoms with E-state index in [1.165, 1.54) is 12.8 Å². The Labute approximate surface area is 143 Å². The number of carbonyl (C=O) groups excluding carboxylic acids is 1. The van der Waals surface area contributed by atoms with E-state index in [9.17, 15) is 9.90 Å². The van der Waals surface area contributed by atoms with Crippen molar-refractivity contribution < 1.29 is 19.4 Å². The van der Waals surface area contributed by atoms with Crippen LogP contribution in [0.1, 0.15) is 38.2 Å². The predicted molar refractivity (Wildman–Crippen MR) is 90.8 cm³/mol. The molecule has 0 bridgehead atoms. The van der Waals surface area contributed by atoms with Crippen molar-refractivity contribution in [2.75, 3.05) is 26.9 Å². The van der Waals surface area contributed by atoms with Crippen molar-refractivity contribution in [1.82, 2.24) is 4.90 Å². The van der Waals surface area contributed by atoms with Gasteiger partial charge in [0.15, 0.2) is 0 Å². The van der Waals surface area contributed by atoms with E-state index in [2.05, 4.69) is 0 Å². The Balaban J connectivity index is 1.66. The van der Waals surface area contributed by atoms with Gasteiger partial charge in [0.2, 0.25) is 5.91 Å². The zero-order valence-corrected chi connectivity index (χ0v) is 14.5. The van der Waals surface area contributed by atoms with Crippen LogP contribution in [0.3, 0.4) is 0 Å². The van der Waals surface area contributed by atoms with Gasteiger partial charge < -0.3 is 19.5 Å².